The fourth-order valence-corrected chi connectivity index (χ4v) is 5.11. The van der Waals surface area contributed by atoms with E-state index in [0.29, 0.717) is 0 Å². The SMILES string of the molecule is CC[Si](C#CC#CC#Cc1nc(-c2ccc(C)cn2)ccc1C)(CC)CC. The van der Waals surface area contributed by atoms with Crippen LogP contribution in [-0.4, -0.2) is 18.0 Å². The molecule has 0 aliphatic rings. The minimum Gasteiger partial charge on any atom is -0.254 e. The summed E-state index contributed by atoms with van der Waals surface area (Å²) in [5.41, 5.74) is 8.01. The van der Waals surface area contributed by atoms with Gasteiger partial charge in [0.25, 0.3) is 0 Å². The summed E-state index contributed by atoms with van der Waals surface area (Å²) >= 11 is 0. The Kier molecular flexibility index (Phi) is 7.42. The minimum atomic E-state index is -1.43. The van der Waals surface area contributed by atoms with Gasteiger partial charge in [0.1, 0.15) is 13.8 Å². The van der Waals surface area contributed by atoms with E-state index >= 15 is 0 Å². The summed E-state index contributed by atoms with van der Waals surface area (Å²) in [7, 11) is -1.43. The molecule has 0 fully saturated rings. The predicted molar refractivity (Wildman–Crippen MR) is 117 cm³/mol. The van der Waals surface area contributed by atoms with E-state index in [4.69, 9.17) is 0 Å². The summed E-state index contributed by atoms with van der Waals surface area (Å²) < 4.78 is 0. The van der Waals surface area contributed by atoms with E-state index in [1.165, 1.54) is 18.1 Å². The number of hydrogen-bond acceptors (Lipinski definition) is 2. The van der Waals surface area contributed by atoms with Crippen LogP contribution in [0.4, 0.5) is 0 Å². The van der Waals surface area contributed by atoms with Crippen molar-refractivity contribution < 1.29 is 0 Å². The fraction of sp³-hybridized carbons (Fsp3) is 0.333. The van der Waals surface area contributed by atoms with Crippen LogP contribution < -0.4 is 0 Å². The summed E-state index contributed by atoms with van der Waals surface area (Å²) in [6, 6.07) is 11.6. The molecule has 2 aromatic heterocycles. The van der Waals surface area contributed by atoms with Crippen molar-refractivity contribution in [1.29, 1.82) is 0 Å². The number of aromatic nitrogens is 2. The van der Waals surface area contributed by atoms with Crippen LogP contribution in [0.25, 0.3) is 11.4 Å². The van der Waals surface area contributed by atoms with Gasteiger partial charge in [-0.15, -0.1) is 5.54 Å². The molecular weight excluding hydrogens is 344 g/mol. The minimum absolute atomic E-state index is 0.733. The zero-order valence-corrected chi connectivity index (χ0v) is 17.9. The highest BCUT2D eigenvalue weighted by Gasteiger charge is 2.23. The normalized spacial score (nSPS) is 9.96. The lowest BCUT2D eigenvalue weighted by Crippen LogP contribution is -2.29. The molecule has 0 atom stereocenters. The van der Waals surface area contributed by atoms with Gasteiger partial charge in [-0.1, -0.05) is 32.9 Å². The lowest BCUT2D eigenvalue weighted by atomic mass is 10.1. The fourth-order valence-electron chi connectivity index (χ4n) is 2.75. The second-order valence-corrected chi connectivity index (χ2v) is 11.6. The Labute approximate surface area is 164 Å². The van der Waals surface area contributed by atoms with Gasteiger partial charge >= 0.3 is 0 Å². The predicted octanol–water partition coefficient (Wildman–Crippen LogP) is 5.17. The zero-order chi connectivity index (χ0) is 19.7. The molecule has 0 spiro atoms. The maximum Gasteiger partial charge on any atom is 0.139 e. The van der Waals surface area contributed by atoms with Crippen LogP contribution in [0.15, 0.2) is 30.5 Å². The number of nitrogens with zero attached hydrogens (tertiary/aromatic N) is 2. The van der Waals surface area contributed by atoms with E-state index < -0.39 is 8.07 Å². The first-order valence-corrected chi connectivity index (χ1v) is 12.1. The van der Waals surface area contributed by atoms with Gasteiger partial charge in [-0.25, -0.2) is 4.98 Å². The van der Waals surface area contributed by atoms with E-state index in [0.717, 1.165) is 28.2 Å². The average Bonchev–Trinajstić information content (AvgIpc) is 2.70. The van der Waals surface area contributed by atoms with Gasteiger partial charge < -0.3 is 0 Å². The summed E-state index contributed by atoms with van der Waals surface area (Å²) in [5.74, 6) is 14.7. The van der Waals surface area contributed by atoms with Gasteiger partial charge in [-0.3, -0.25) is 4.98 Å². The number of pyridine rings is 2. The maximum absolute atomic E-state index is 4.64. The molecule has 0 saturated heterocycles. The molecular formula is C24H26N2Si. The summed E-state index contributed by atoms with van der Waals surface area (Å²) in [6.07, 6.45) is 1.85. The molecule has 2 nitrogen and oxygen atoms in total. The monoisotopic (exact) mass is 370 g/mol. The first-order valence-electron chi connectivity index (χ1n) is 9.47. The standard InChI is InChI=1S/C24H26N2Si/c1-6-27(7-2,8-3)18-12-10-9-11-13-22-21(5)15-17-24(26-22)23-16-14-20(4)19-25-23/h14-17,19H,6-8H2,1-5H3. The van der Waals surface area contributed by atoms with E-state index in [-0.39, 0.29) is 0 Å². The van der Waals surface area contributed by atoms with Crippen molar-refractivity contribution in [2.45, 2.75) is 52.8 Å². The van der Waals surface area contributed by atoms with Crippen LogP contribution in [0.5, 0.6) is 0 Å². The molecule has 0 aromatic carbocycles. The van der Waals surface area contributed by atoms with Crippen molar-refractivity contribution in [3.05, 3.63) is 47.3 Å². The molecule has 3 heteroatoms. The summed E-state index contributed by atoms with van der Waals surface area (Å²) in [6.45, 7) is 10.7. The quantitative estimate of drug-likeness (QED) is 0.548. The van der Waals surface area contributed by atoms with Gasteiger partial charge in [0.2, 0.25) is 0 Å². The van der Waals surface area contributed by atoms with Crippen LogP contribution in [0.1, 0.15) is 37.6 Å². The van der Waals surface area contributed by atoms with Crippen LogP contribution in [0, 0.1) is 49.0 Å². The molecule has 2 heterocycles. The first kappa shape index (κ1) is 20.5. The van der Waals surface area contributed by atoms with Crippen molar-refractivity contribution in [3.8, 4) is 46.5 Å². The molecule has 0 N–H and O–H groups in total. The van der Waals surface area contributed by atoms with Gasteiger partial charge in [-0.2, -0.15) is 0 Å². The molecule has 0 unspecified atom stereocenters. The Hall–Kier alpha value is -2.80. The first-order chi connectivity index (χ1) is 13.0. The lowest BCUT2D eigenvalue weighted by Gasteiger charge is -2.19. The Morgan fingerprint density at radius 1 is 0.815 bits per heavy atom. The van der Waals surface area contributed by atoms with Crippen LogP contribution >= 0.6 is 0 Å². The lowest BCUT2D eigenvalue weighted by molar-refractivity contribution is 1.19. The van der Waals surface area contributed by atoms with Crippen LogP contribution in [-0.2, 0) is 0 Å². The van der Waals surface area contributed by atoms with Gasteiger partial charge in [0.05, 0.1) is 11.4 Å². The average molecular weight is 371 g/mol. The smallest absolute Gasteiger partial charge is 0.139 e. The Balaban J connectivity index is 2.21. The van der Waals surface area contributed by atoms with Crippen molar-refractivity contribution in [3.63, 3.8) is 0 Å². The maximum atomic E-state index is 4.64. The van der Waals surface area contributed by atoms with E-state index in [9.17, 15) is 0 Å². The second kappa shape index (κ2) is 9.77. The topological polar surface area (TPSA) is 25.8 Å². The Bertz CT molecular complexity index is 958. The molecule has 0 bridgehead atoms. The van der Waals surface area contributed by atoms with Gasteiger partial charge in [0, 0.05) is 6.20 Å². The molecule has 0 amide bonds. The van der Waals surface area contributed by atoms with Crippen LogP contribution in [0.2, 0.25) is 18.1 Å². The zero-order valence-electron chi connectivity index (χ0n) is 16.9. The molecule has 0 saturated carbocycles. The molecule has 0 aliphatic heterocycles. The summed E-state index contributed by atoms with van der Waals surface area (Å²) in [4.78, 5) is 9.07. The molecule has 136 valence electrons. The molecule has 27 heavy (non-hydrogen) atoms. The highest BCUT2D eigenvalue weighted by molar-refractivity contribution is 6.87. The van der Waals surface area contributed by atoms with E-state index in [1.807, 2.05) is 44.3 Å². The summed E-state index contributed by atoms with van der Waals surface area (Å²) in [5, 5.41) is 0. The number of aryl methyl sites for hydroxylation is 2. The Morgan fingerprint density at radius 2 is 1.48 bits per heavy atom. The largest absolute Gasteiger partial charge is 0.254 e. The third-order valence-corrected chi connectivity index (χ3v) is 9.71. The van der Waals surface area contributed by atoms with Crippen LogP contribution in [0.3, 0.4) is 0 Å². The highest BCUT2D eigenvalue weighted by Crippen LogP contribution is 2.18. The van der Waals surface area contributed by atoms with E-state index in [1.54, 1.807) is 0 Å². The number of rotatable bonds is 4. The van der Waals surface area contributed by atoms with Crippen molar-refractivity contribution in [1.82, 2.24) is 9.97 Å². The van der Waals surface area contributed by atoms with Gasteiger partial charge in [0.15, 0.2) is 0 Å². The molecule has 0 aliphatic carbocycles. The van der Waals surface area contributed by atoms with Gasteiger partial charge in [-0.05, 0) is 84.8 Å². The molecule has 2 rings (SSSR count). The third kappa shape index (κ3) is 5.59. The molecule has 2 aromatic rings. The molecule has 0 radical (unpaired) electrons. The second-order valence-electron chi connectivity index (χ2n) is 6.67. The van der Waals surface area contributed by atoms with Crippen molar-refractivity contribution in [2.24, 2.45) is 0 Å². The van der Waals surface area contributed by atoms with E-state index in [2.05, 4.69) is 65.9 Å². The van der Waals surface area contributed by atoms with Crippen molar-refractivity contribution >= 4 is 8.07 Å². The number of hydrogen-bond donors (Lipinski definition) is 0. The van der Waals surface area contributed by atoms with Crippen molar-refractivity contribution in [2.75, 3.05) is 0 Å². The third-order valence-electron chi connectivity index (χ3n) is 5.00. The Morgan fingerprint density at radius 3 is 2.11 bits per heavy atom. The highest BCUT2D eigenvalue weighted by atomic mass is 28.3.